The average Bonchev–Trinajstić information content (AvgIpc) is 2.56. The summed E-state index contributed by atoms with van der Waals surface area (Å²) in [6.45, 7) is -0.623. The van der Waals surface area contributed by atoms with E-state index < -0.39 is 19.0 Å². The topological polar surface area (TPSA) is 89.6 Å². The first-order valence-corrected chi connectivity index (χ1v) is 6.77. The van der Waals surface area contributed by atoms with E-state index in [1.54, 1.807) is 31.2 Å². The van der Waals surface area contributed by atoms with Crippen LogP contribution < -0.4 is 15.4 Å². The number of rotatable bonds is 5. The maximum Gasteiger partial charge on any atom is 0.411 e. The molecule has 0 atom stereocenters. The molecule has 0 unspecified atom stereocenters. The first kappa shape index (κ1) is 12.5. The molecular weight excluding hydrogens is 298 g/mol. The van der Waals surface area contributed by atoms with Crippen LogP contribution in [-0.4, -0.2) is 30.6 Å². The predicted molar refractivity (Wildman–Crippen MR) is 84.8 cm³/mol. The van der Waals surface area contributed by atoms with Crippen LogP contribution in [0.3, 0.4) is 0 Å². The second kappa shape index (κ2) is 7.79. The minimum absolute atomic E-state index is 0.0841. The molecule has 2 aromatic rings. The van der Waals surface area contributed by atoms with Gasteiger partial charge in [-0.25, -0.2) is 4.79 Å². The highest BCUT2D eigenvalue weighted by molar-refractivity contribution is 5.92. The molecule has 0 aliphatic carbocycles. The molecule has 1 aromatic carbocycles. The Morgan fingerprint density at radius 3 is 2.70 bits per heavy atom. The number of pyridine rings is 1. The zero-order chi connectivity index (χ0) is 19.2. The molecule has 0 aliphatic heterocycles. The number of hydrogen-bond donors (Lipinski definition) is 2. The summed E-state index contributed by atoms with van der Waals surface area (Å²) in [6.07, 6.45) is 0.778. The second-order valence-corrected chi connectivity index (χ2v) is 4.30. The van der Waals surface area contributed by atoms with Gasteiger partial charge in [-0.1, -0.05) is 0 Å². The third-order valence-electron chi connectivity index (χ3n) is 2.69. The summed E-state index contributed by atoms with van der Waals surface area (Å²) in [5, 5.41) is 4.40. The van der Waals surface area contributed by atoms with E-state index in [1.165, 1.54) is 18.3 Å². The summed E-state index contributed by atoms with van der Waals surface area (Å²) in [4.78, 5) is 27.0. The first-order chi connectivity index (χ1) is 12.3. The van der Waals surface area contributed by atoms with Crippen molar-refractivity contribution in [2.75, 3.05) is 18.9 Å². The number of carbonyl (C=O) groups excluding carboxylic acids is 2. The molecule has 2 N–H and O–H groups in total. The number of nitrogens with one attached hydrogen (secondary N) is 2. The molecule has 7 heteroatoms. The molecule has 0 radical (unpaired) electrons. The van der Waals surface area contributed by atoms with Crippen LogP contribution in [0.5, 0.6) is 11.5 Å². The van der Waals surface area contributed by atoms with Gasteiger partial charge in [-0.05, 0) is 37.3 Å². The lowest BCUT2D eigenvalue weighted by Crippen LogP contribution is -2.18. The number of aromatic nitrogens is 1. The lowest BCUT2D eigenvalue weighted by Gasteiger charge is -2.08. The fourth-order valence-corrected chi connectivity index (χ4v) is 1.69. The van der Waals surface area contributed by atoms with Crippen molar-refractivity contribution in [3.8, 4) is 11.5 Å². The minimum atomic E-state index is -2.60. The van der Waals surface area contributed by atoms with Gasteiger partial charge in [0.25, 0.3) is 5.91 Å². The normalized spacial score (nSPS) is 12.3. The van der Waals surface area contributed by atoms with Crippen LogP contribution in [0.4, 0.5) is 10.5 Å². The molecule has 0 saturated carbocycles. The van der Waals surface area contributed by atoms with Crippen LogP contribution in [0.25, 0.3) is 0 Å². The molecule has 120 valence electrons. The number of anilines is 1. The van der Waals surface area contributed by atoms with E-state index in [0.717, 1.165) is 0 Å². The van der Waals surface area contributed by atoms with Gasteiger partial charge in [-0.3, -0.25) is 15.1 Å². The number of hydrogen-bond acceptors (Lipinski definition) is 5. The molecule has 1 heterocycles. The molecule has 1 aromatic heterocycles. The van der Waals surface area contributed by atoms with Gasteiger partial charge in [0, 0.05) is 29.0 Å². The van der Waals surface area contributed by atoms with E-state index in [2.05, 4.69) is 10.3 Å². The highest BCUT2D eigenvalue weighted by Gasteiger charge is 2.07. The number of amides is 2. The Hall–Kier alpha value is -3.09. The largest absolute Gasteiger partial charge is 0.457 e. The molecule has 0 spiro atoms. The molecule has 2 amide bonds. The monoisotopic (exact) mass is 318 g/mol. The number of ether oxygens (including phenoxy) is 2. The van der Waals surface area contributed by atoms with Crippen LogP contribution in [0, 0.1) is 0 Å². The Kier molecular flexibility index (Phi) is 4.22. The van der Waals surface area contributed by atoms with Crippen LogP contribution in [0.1, 0.15) is 21.5 Å². The maximum absolute atomic E-state index is 11.8. The zero-order valence-corrected chi connectivity index (χ0v) is 12.3. The molecule has 0 bridgehead atoms. The molecular formula is C16H17N3O4. The SMILES string of the molecule is [2H]C([2H])([2H])NC(=O)c1cc(Oc2ccc(NC(=O)OCC)cc2)ccn1. The van der Waals surface area contributed by atoms with Crippen LogP contribution in [0.15, 0.2) is 42.6 Å². The van der Waals surface area contributed by atoms with Gasteiger partial charge in [0.1, 0.15) is 17.2 Å². The standard InChI is InChI=1S/C16H17N3O4/c1-3-22-16(21)19-11-4-6-12(7-5-11)23-13-8-9-18-14(10-13)15(20)17-2/h4-10H,3H2,1-2H3,(H,17,20)(H,19,21)/i2D3. The second-order valence-electron chi connectivity index (χ2n) is 4.30. The summed E-state index contributed by atoms with van der Waals surface area (Å²) in [6, 6.07) is 9.32. The van der Waals surface area contributed by atoms with E-state index in [-0.39, 0.29) is 12.3 Å². The lowest BCUT2D eigenvalue weighted by atomic mass is 10.3. The Bertz CT molecular complexity index is 779. The molecule has 7 nitrogen and oxygen atoms in total. The van der Waals surface area contributed by atoms with E-state index in [4.69, 9.17) is 13.6 Å². The fourth-order valence-electron chi connectivity index (χ4n) is 1.69. The number of carbonyl (C=O) groups is 2. The van der Waals surface area contributed by atoms with Crippen molar-refractivity contribution >= 4 is 17.7 Å². The molecule has 2 rings (SSSR count). The first-order valence-electron chi connectivity index (χ1n) is 8.27. The van der Waals surface area contributed by atoms with Crippen LogP contribution >= 0.6 is 0 Å². The highest BCUT2D eigenvalue weighted by Crippen LogP contribution is 2.23. The molecule has 0 aliphatic rings. The summed E-state index contributed by atoms with van der Waals surface area (Å²) < 4.78 is 31.5. The van der Waals surface area contributed by atoms with E-state index >= 15 is 0 Å². The van der Waals surface area contributed by atoms with Crippen molar-refractivity contribution in [2.45, 2.75) is 6.92 Å². The summed E-state index contributed by atoms with van der Waals surface area (Å²) >= 11 is 0. The minimum Gasteiger partial charge on any atom is -0.457 e. The van der Waals surface area contributed by atoms with Crippen molar-refractivity contribution in [1.82, 2.24) is 10.3 Å². The van der Waals surface area contributed by atoms with Gasteiger partial charge in [-0.15, -0.1) is 0 Å². The van der Waals surface area contributed by atoms with Gasteiger partial charge < -0.3 is 14.8 Å². The fraction of sp³-hybridized carbons (Fsp3) is 0.188. The third-order valence-corrected chi connectivity index (χ3v) is 2.69. The maximum atomic E-state index is 11.8. The quantitative estimate of drug-likeness (QED) is 0.885. The van der Waals surface area contributed by atoms with Crippen molar-refractivity contribution in [2.24, 2.45) is 0 Å². The van der Waals surface area contributed by atoms with E-state index in [1.807, 2.05) is 5.32 Å². The molecule has 0 saturated heterocycles. The Labute approximate surface area is 137 Å². The lowest BCUT2D eigenvalue weighted by molar-refractivity contribution is 0.0957. The van der Waals surface area contributed by atoms with Crippen molar-refractivity contribution in [3.05, 3.63) is 48.3 Å². The van der Waals surface area contributed by atoms with Crippen molar-refractivity contribution in [3.63, 3.8) is 0 Å². The van der Waals surface area contributed by atoms with Crippen LogP contribution in [0.2, 0.25) is 0 Å². The highest BCUT2D eigenvalue weighted by atomic mass is 16.5. The Morgan fingerprint density at radius 1 is 1.22 bits per heavy atom. The third kappa shape index (κ3) is 4.70. The zero-order valence-electron chi connectivity index (χ0n) is 15.3. The molecule has 0 fully saturated rings. The molecule has 23 heavy (non-hydrogen) atoms. The Balaban J connectivity index is 2.03. The van der Waals surface area contributed by atoms with Crippen molar-refractivity contribution < 1.29 is 23.2 Å². The average molecular weight is 318 g/mol. The number of benzene rings is 1. The summed E-state index contributed by atoms with van der Waals surface area (Å²) in [5.74, 6) is -0.0704. The smallest absolute Gasteiger partial charge is 0.411 e. The van der Waals surface area contributed by atoms with Crippen molar-refractivity contribution in [1.29, 1.82) is 0 Å². The van der Waals surface area contributed by atoms with E-state index in [9.17, 15) is 9.59 Å². The van der Waals surface area contributed by atoms with E-state index in [0.29, 0.717) is 17.2 Å². The van der Waals surface area contributed by atoms with Gasteiger partial charge in [0.2, 0.25) is 0 Å². The van der Waals surface area contributed by atoms with Crippen LogP contribution in [-0.2, 0) is 4.74 Å². The number of nitrogens with zero attached hydrogens (tertiary/aromatic N) is 1. The van der Waals surface area contributed by atoms with Gasteiger partial charge in [0.05, 0.1) is 6.61 Å². The predicted octanol–water partition coefficient (Wildman–Crippen LogP) is 2.80. The van der Waals surface area contributed by atoms with Gasteiger partial charge in [-0.2, -0.15) is 0 Å². The summed E-state index contributed by atoms with van der Waals surface area (Å²) in [7, 11) is 0. The van der Waals surface area contributed by atoms with Gasteiger partial charge >= 0.3 is 6.09 Å². The van der Waals surface area contributed by atoms with Gasteiger partial charge in [0.15, 0.2) is 0 Å². The Morgan fingerprint density at radius 2 is 2.00 bits per heavy atom. The summed E-state index contributed by atoms with van der Waals surface area (Å²) in [5.41, 5.74) is 0.447.